The number of hydrogen-bond donors (Lipinski definition) is 1. The highest BCUT2D eigenvalue weighted by molar-refractivity contribution is 7.80. The Hall–Kier alpha value is -3.15. The number of nitrogens with zero attached hydrogens (tertiary/aromatic N) is 2. The molecule has 4 nitrogen and oxygen atoms in total. The first-order chi connectivity index (χ1) is 15.9. The average molecular weight is 474 g/mol. The van der Waals surface area contributed by atoms with Gasteiger partial charge >= 0.3 is 0 Å². The van der Waals surface area contributed by atoms with Crippen molar-refractivity contribution >= 4 is 34.6 Å². The molecular weight excluding hydrogens is 450 g/mol. The number of nitrogens with one attached hydrogen (secondary N) is 1. The summed E-state index contributed by atoms with van der Waals surface area (Å²) >= 11 is 12.2. The molecule has 0 bridgehead atoms. The van der Waals surface area contributed by atoms with Crippen LogP contribution in [0, 0.1) is 20.8 Å². The second-order valence-corrected chi connectivity index (χ2v) is 9.17. The van der Waals surface area contributed by atoms with Crippen LogP contribution in [0.25, 0.3) is 11.3 Å². The van der Waals surface area contributed by atoms with Crippen LogP contribution in [0.1, 0.15) is 40.2 Å². The Morgan fingerprint density at radius 1 is 0.970 bits per heavy atom. The van der Waals surface area contributed by atoms with Crippen LogP contribution in [0.4, 0.5) is 5.69 Å². The van der Waals surface area contributed by atoms with Crippen molar-refractivity contribution in [2.75, 3.05) is 4.90 Å². The summed E-state index contributed by atoms with van der Waals surface area (Å²) in [5.41, 5.74) is 6.36. The van der Waals surface area contributed by atoms with E-state index in [0.717, 1.165) is 39.1 Å². The molecule has 1 aliphatic heterocycles. The lowest BCUT2D eigenvalue weighted by molar-refractivity contribution is 0.439. The van der Waals surface area contributed by atoms with Gasteiger partial charge in [-0.1, -0.05) is 35.9 Å². The fraction of sp³-hybridized carbons (Fsp3) is 0.185. The van der Waals surface area contributed by atoms with Crippen molar-refractivity contribution < 1.29 is 4.42 Å². The number of halogens is 1. The van der Waals surface area contributed by atoms with Gasteiger partial charge < -0.3 is 14.6 Å². The molecule has 4 aromatic rings. The van der Waals surface area contributed by atoms with Crippen LogP contribution in [-0.2, 0) is 0 Å². The van der Waals surface area contributed by atoms with E-state index in [-0.39, 0.29) is 12.1 Å². The SMILES string of the molecule is Cc1ccc(N2C(=S)N[C@H](c3ccccn3)[C@@H]2c2ccc(-c3cccc(Cl)c3C)o2)cc1C. The summed E-state index contributed by atoms with van der Waals surface area (Å²) in [6, 6.07) is 21.9. The van der Waals surface area contributed by atoms with Crippen molar-refractivity contribution in [2.24, 2.45) is 0 Å². The molecule has 33 heavy (non-hydrogen) atoms. The lowest BCUT2D eigenvalue weighted by Crippen LogP contribution is -2.29. The van der Waals surface area contributed by atoms with Crippen molar-refractivity contribution in [3.63, 3.8) is 0 Å². The molecule has 2 atom stereocenters. The maximum Gasteiger partial charge on any atom is 0.174 e. The minimum absolute atomic E-state index is 0.153. The molecule has 1 saturated heterocycles. The topological polar surface area (TPSA) is 41.3 Å². The van der Waals surface area contributed by atoms with Gasteiger partial charge in [0.2, 0.25) is 0 Å². The van der Waals surface area contributed by atoms with Crippen LogP contribution >= 0.6 is 23.8 Å². The summed E-state index contributed by atoms with van der Waals surface area (Å²) in [5.74, 6) is 1.59. The Labute approximate surface area is 204 Å². The van der Waals surface area contributed by atoms with Crippen molar-refractivity contribution in [3.05, 3.63) is 106 Å². The van der Waals surface area contributed by atoms with Crippen LogP contribution in [0.3, 0.4) is 0 Å². The van der Waals surface area contributed by atoms with E-state index in [2.05, 4.69) is 47.2 Å². The molecule has 6 heteroatoms. The maximum atomic E-state index is 6.47. The van der Waals surface area contributed by atoms with Gasteiger partial charge in [-0.25, -0.2) is 0 Å². The Morgan fingerprint density at radius 2 is 1.82 bits per heavy atom. The molecule has 0 spiro atoms. The van der Waals surface area contributed by atoms with Crippen molar-refractivity contribution in [3.8, 4) is 11.3 Å². The lowest BCUT2D eigenvalue weighted by atomic mass is 10.0. The summed E-state index contributed by atoms with van der Waals surface area (Å²) in [7, 11) is 0. The van der Waals surface area contributed by atoms with Crippen molar-refractivity contribution in [1.82, 2.24) is 10.3 Å². The van der Waals surface area contributed by atoms with E-state index in [1.165, 1.54) is 11.1 Å². The third-order valence-corrected chi connectivity index (χ3v) is 7.04. The van der Waals surface area contributed by atoms with E-state index in [0.29, 0.717) is 5.11 Å². The van der Waals surface area contributed by atoms with E-state index in [4.69, 9.17) is 28.2 Å². The molecule has 0 radical (unpaired) electrons. The molecule has 5 rings (SSSR count). The molecule has 2 aromatic heterocycles. The second kappa shape index (κ2) is 8.65. The van der Waals surface area contributed by atoms with Gasteiger partial charge in [-0.15, -0.1) is 0 Å². The highest BCUT2D eigenvalue weighted by Gasteiger charge is 2.42. The second-order valence-electron chi connectivity index (χ2n) is 8.38. The number of aryl methyl sites for hydroxylation is 2. The molecular formula is C27H24ClN3OS. The zero-order valence-corrected chi connectivity index (χ0v) is 20.2. The van der Waals surface area contributed by atoms with E-state index in [1.54, 1.807) is 6.20 Å². The van der Waals surface area contributed by atoms with Crippen molar-refractivity contribution in [2.45, 2.75) is 32.9 Å². The number of benzene rings is 2. The Kier molecular flexibility index (Phi) is 5.69. The zero-order chi connectivity index (χ0) is 23.1. The standard InChI is InChI=1S/C27H24ClN3OS/c1-16-10-11-19(15-17(16)2)31-26(25(30-27(31)33)22-9-4-5-14-29-22)24-13-12-23(32-24)20-7-6-8-21(28)18(20)3/h4-15,25-26H,1-3H3,(H,30,33)/t25-,26+/m1/s1. The summed E-state index contributed by atoms with van der Waals surface area (Å²) in [6.45, 7) is 6.23. The third-order valence-electron chi connectivity index (χ3n) is 6.32. The van der Waals surface area contributed by atoms with Crippen molar-refractivity contribution in [1.29, 1.82) is 0 Å². The first-order valence-electron chi connectivity index (χ1n) is 10.9. The smallest absolute Gasteiger partial charge is 0.174 e. The Bertz CT molecular complexity index is 1330. The molecule has 0 saturated carbocycles. The number of furan rings is 1. The van der Waals surface area contributed by atoms with Crippen LogP contribution < -0.4 is 10.2 Å². The van der Waals surface area contributed by atoms with Gasteiger partial charge in [-0.3, -0.25) is 4.98 Å². The fourth-order valence-corrected chi connectivity index (χ4v) is 4.85. The van der Waals surface area contributed by atoms with Gasteiger partial charge in [0.15, 0.2) is 5.11 Å². The van der Waals surface area contributed by atoms with E-state index >= 15 is 0 Å². The van der Waals surface area contributed by atoms with E-state index < -0.39 is 0 Å². The fourth-order valence-electron chi connectivity index (χ4n) is 4.33. The third kappa shape index (κ3) is 3.92. The number of hydrogen-bond acceptors (Lipinski definition) is 3. The van der Waals surface area contributed by atoms with Crippen LogP contribution in [0.5, 0.6) is 0 Å². The zero-order valence-electron chi connectivity index (χ0n) is 18.7. The lowest BCUT2D eigenvalue weighted by Gasteiger charge is -2.26. The van der Waals surface area contributed by atoms with Gasteiger partial charge in [0.25, 0.3) is 0 Å². The molecule has 0 aliphatic carbocycles. The number of anilines is 1. The van der Waals surface area contributed by atoms with Gasteiger partial charge in [-0.2, -0.15) is 0 Å². The quantitative estimate of drug-likeness (QED) is 0.320. The molecule has 3 heterocycles. The average Bonchev–Trinajstić information content (AvgIpc) is 3.43. The number of pyridine rings is 1. The molecule has 0 amide bonds. The highest BCUT2D eigenvalue weighted by atomic mass is 35.5. The Morgan fingerprint density at radius 3 is 2.58 bits per heavy atom. The molecule has 166 valence electrons. The Balaban J connectivity index is 1.62. The minimum atomic E-state index is -0.192. The summed E-state index contributed by atoms with van der Waals surface area (Å²) in [5, 5.41) is 4.85. The molecule has 1 N–H and O–H groups in total. The highest BCUT2D eigenvalue weighted by Crippen LogP contribution is 2.43. The number of thiocarbonyl (C=S) groups is 1. The maximum absolute atomic E-state index is 6.47. The normalized spacial score (nSPS) is 17.9. The van der Waals surface area contributed by atoms with Crippen LogP contribution in [0.15, 0.2) is 77.3 Å². The summed E-state index contributed by atoms with van der Waals surface area (Å²) in [6.07, 6.45) is 1.80. The summed E-state index contributed by atoms with van der Waals surface area (Å²) in [4.78, 5) is 6.75. The van der Waals surface area contributed by atoms with E-state index in [9.17, 15) is 0 Å². The first-order valence-corrected chi connectivity index (χ1v) is 11.7. The molecule has 2 aromatic carbocycles. The minimum Gasteiger partial charge on any atom is -0.459 e. The van der Waals surface area contributed by atoms with Gasteiger partial charge in [0.05, 0.1) is 11.7 Å². The molecule has 1 aliphatic rings. The van der Waals surface area contributed by atoms with Gasteiger partial charge in [-0.05, 0) is 92.1 Å². The predicted molar refractivity (Wildman–Crippen MR) is 138 cm³/mol. The van der Waals surface area contributed by atoms with Gasteiger partial charge in [0.1, 0.15) is 17.6 Å². The molecule has 1 fully saturated rings. The predicted octanol–water partition coefficient (Wildman–Crippen LogP) is 7.10. The van der Waals surface area contributed by atoms with Gasteiger partial charge in [0, 0.05) is 22.5 Å². The number of aromatic nitrogens is 1. The van der Waals surface area contributed by atoms with Crippen LogP contribution in [-0.4, -0.2) is 10.1 Å². The largest absolute Gasteiger partial charge is 0.459 e. The number of rotatable bonds is 4. The molecule has 0 unspecified atom stereocenters. The monoisotopic (exact) mass is 473 g/mol. The van der Waals surface area contributed by atoms with E-state index in [1.807, 2.05) is 55.5 Å². The van der Waals surface area contributed by atoms with Crippen LogP contribution in [0.2, 0.25) is 5.02 Å². The first kappa shape index (κ1) is 21.7. The summed E-state index contributed by atoms with van der Waals surface area (Å²) < 4.78 is 6.47.